The first-order chi connectivity index (χ1) is 9.49. The van der Waals surface area contributed by atoms with Gasteiger partial charge in [0.1, 0.15) is 5.02 Å². The lowest BCUT2D eigenvalue weighted by Gasteiger charge is -2.17. The highest BCUT2D eigenvalue weighted by atomic mass is 79.9. The summed E-state index contributed by atoms with van der Waals surface area (Å²) in [6, 6.07) is 12.5. The van der Waals surface area contributed by atoms with Gasteiger partial charge in [-0.15, -0.1) is 0 Å². The zero-order chi connectivity index (χ0) is 14.7. The van der Waals surface area contributed by atoms with Crippen LogP contribution in [0.1, 0.15) is 18.5 Å². The van der Waals surface area contributed by atoms with Crippen LogP contribution in [0.5, 0.6) is 0 Å². The van der Waals surface area contributed by atoms with Gasteiger partial charge in [-0.3, -0.25) is 10.1 Å². The summed E-state index contributed by atoms with van der Waals surface area (Å²) in [7, 11) is 0. The predicted molar refractivity (Wildman–Crippen MR) is 84.3 cm³/mol. The molecule has 20 heavy (non-hydrogen) atoms. The largest absolute Gasteiger partial charge is 0.378 e. The molecular weight excluding hydrogens is 344 g/mol. The van der Waals surface area contributed by atoms with Gasteiger partial charge in [-0.05, 0) is 30.7 Å². The van der Waals surface area contributed by atoms with Crippen LogP contribution in [0.2, 0.25) is 5.02 Å². The van der Waals surface area contributed by atoms with E-state index in [1.807, 2.05) is 31.2 Å². The molecule has 0 aliphatic rings. The Kier molecular flexibility index (Phi) is 4.62. The van der Waals surface area contributed by atoms with E-state index in [-0.39, 0.29) is 16.8 Å². The van der Waals surface area contributed by atoms with Gasteiger partial charge in [0.2, 0.25) is 0 Å². The van der Waals surface area contributed by atoms with Crippen LogP contribution in [-0.4, -0.2) is 4.92 Å². The lowest BCUT2D eigenvalue weighted by molar-refractivity contribution is -0.384. The molecular formula is C14H12BrClN2O2. The molecule has 2 aromatic carbocycles. The van der Waals surface area contributed by atoms with Crippen molar-refractivity contribution in [3.63, 3.8) is 0 Å². The standard InChI is InChI=1S/C14H12BrClN2O2/c1-9(11-4-2-3-5-12(11)15)17-10-6-7-13(16)14(8-10)18(19)20/h2-9,17H,1H3. The number of nitro benzene ring substituents is 1. The molecule has 1 N–H and O–H groups in total. The van der Waals surface area contributed by atoms with Crippen molar-refractivity contribution in [1.29, 1.82) is 0 Å². The van der Waals surface area contributed by atoms with Crippen molar-refractivity contribution in [3.05, 3.63) is 67.6 Å². The van der Waals surface area contributed by atoms with Crippen molar-refractivity contribution in [2.45, 2.75) is 13.0 Å². The average molecular weight is 356 g/mol. The zero-order valence-corrected chi connectivity index (χ0v) is 13.0. The Morgan fingerprint density at radius 2 is 2.00 bits per heavy atom. The van der Waals surface area contributed by atoms with Gasteiger partial charge in [0.15, 0.2) is 0 Å². The molecule has 0 aliphatic heterocycles. The molecule has 1 unspecified atom stereocenters. The summed E-state index contributed by atoms with van der Waals surface area (Å²) in [5.74, 6) is 0. The van der Waals surface area contributed by atoms with Crippen molar-refractivity contribution in [2.75, 3.05) is 5.32 Å². The van der Waals surface area contributed by atoms with Crippen molar-refractivity contribution >= 4 is 38.9 Å². The summed E-state index contributed by atoms with van der Waals surface area (Å²) in [5, 5.41) is 14.2. The molecule has 0 heterocycles. The molecule has 4 nitrogen and oxygen atoms in total. The number of nitro groups is 1. The zero-order valence-electron chi connectivity index (χ0n) is 10.6. The molecule has 6 heteroatoms. The number of anilines is 1. The minimum absolute atomic E-state index is 0.00588. The van der Waals surface area contributed by atoms with Gasteiger partial charge in [-0.2, -0.15) is 0 Å². The Morgan fingerprint density at radius 1 is 1.30 bits per heavy atom. The molecule has 0 aliphatic carbocycles. The van der Waals surface area contributed by atoms with Crippen LogP contribution in [0.15, 0.2) is 46.9 Å². The average Bonchev–Trinajstić information content (AvgIpc) is 2.41. The maximum Gasteiger partial charge on any atom is 0.289 e. The molecule has 2 rings (SSSR count). The Balaban J connectivity index is 2.24. The highest BCUT2D eigenvalue weighted by Gasteiger charge is 2.14. The third kappa shape index (κ3) is 3.29. The number of rotatable bonds is 4. The number of hydrogen-bond acceptors (Lipinski definition) is 3. The molecule has 0 fully saturated rings. The summed E-state index contributed by atoms with van der Waals surface area (Å²) >= 11 is 9.28. The molecule has 0 saturated heterocycles. The van der Waals surface area contributed by atoms with Crippen LogP contribution >= 0.6 is 27.5 Å². The molecule has 2 aromatic rings. The monoisotopic (exact) mass is 354 g/mol. The van der Waals surface area contributed by atoms with E-state index >= 15 is 0 Å². The summed E-state index contributed by atoms with van der Waals surface area (Å²) in [6.45, 7) is 1.99. The number of benzene rings is 2. The SMILES string of the molecule is CC(Nc1ccc(Cl)c([N+](=O)[O-])c1)c1ccccc1Br. The molecule has 0 spiro atoms. The highest BCUT2D eigenvalue weighted by Crippen LogP contribution is 2.30. The van der Waals surface area contributed by atoms with E-state index in [4.69, 9.17) is 11.6 Å². The van der Waals surface area contributed by atoms with Gasteiger partial charge < -0.3 is 5.32 Å². The number of halogens is 2. The van der Waals surface area contributed by atoms with Gasteiger partial charge in [0, 0.05) is 22.3 Å². The first-order valence-corrected chi connectivity index (χ1v) is 7.11. The van der Waals surface area contributed by atoms with Crippen molar-refractivity contribution < 1.29 is 4.92 Å². The smallest absolute Gasteiger partial charge is 0.289 e. The van der Waals surface area contributed by atoms with Crippen LogP contribution in [-0.2, 0) is 0 Å². The third-order valence-electron chi connectivity index (χ3n) is 2.90. The Bertz CT molecular complexity index is 649. The normalized spacial score (nSPS) is 11.9. The Labute approximate surface area is 130 Å². The lowest BCUT2D eigenvalue weighted by atomic mass is 10.1. The van der Waals surface area contributed by atoms with Crippen molar-refractivity contribution in [2.24, 2.45) is 0 Å². The van der Waals surface area contributed by atoms with Crippen LogP contribution < -0.4 is 5.32 Å². The highest BCUT2D eigenvalue weighted by molar-refractivity contribution is 9.10. The number of hydrogen-bond donors (Lipinski definition) is 1. The second-order valence-electron chi connectivity index (χ2n) is 4.31. The summed E-state index contributed by atoms with van der Waals surface area (Å²) in [6.07, 6.45) is 0. The summed E-state index contributed by atoms with van der Waals surface area (Å²) < 4.78 is 0.989. The Hall–Kier alpha value is -1.59. The van der Waals surface area contributed by atoms with E-state index in [2.05, 4.69) is 21.2 Å². The van der Waals surface area contributed by atoms with Crippen LogP contribution in [0.3, 0.4) is 0 Å². The van der Waals surface area contributed by atoms with Gasteiger partial charge in [-0.25, -0.2) is 0 Å². The maximum atomic E-state index is 10.9. The fourth-order valence-electron chi connectivity index (χ4n) is 1.90. The lowest BCUT2D eigenvalue weighted by Crippen LogP contribution is -2.07. The van der Waals surface area contributed by atoms with E-state index in [0.717, 1.165) is 10.0 Å². The quantitative estimate of drug-likeness (QED) is 0.607. The summed E-state index contributed by atoms with van der Waals surface area (Å²) in [4.78, 5) is 10.4. The van der Waals surface area contributed by atoms with Crippen molar-refractivity contribution in [1.82, 2.24) is 0 Å². The second-order valence-corrected chi connectivity index (χ2v) is 5.57. The van der Waals surface area contributed by atoms with E-state index in [1.54, 1.807) is 6.07 Å². The molecule has 0 saturated carbocycles. The summed E-state index contributed by atoms with van der Waals surface area (Å²) in [5.41, 5.74) is 1.63. The van der Waals surface area contributed by atoms with E-state index in [9.17, 15) is 10.1 Å². The molecule has 104 valence electrons. The van der Waals surface area contributed by atoms with Gasteiger partial charge in [0.05, 0.1) is 4.92 Å². The molecule has 0 radical (unpaired) electrons. The molecule has 1 atom stereocenters. The maximum absolute atomic E-state index is 10.9. The van der Waals surface area contributed by atoms with E-state index < -0.39 is 4.92 Å². The Morgan fingerprint density at radius 3 is 2.65 bits per heavy atom. The number of nitrogens with zero attached hydrogens (tertiary/aromatic N) is 1. The second kappa shape index (κ2) is 6.24. The fraction of sp³-hybridized carbons (Fsp3) is 0.143. The van der Waals surface area contributed by atoms with Crippen molar-refractivity contribution in [3.8, 4) is 0 Å². The van der Waals surface area contributed by atoms with Gasteiger partial charge >= 0.3 is 0 Å². The number of nitrogens with one attached hydrogen (secondary N) is 1. The predicted octanol–water partition coefficient (Wildman–Crippen LogP) is 5.18. The minimum atomic E-state index is -0.489. The molecule has 0 aromatic heterocycles. The van der Waals surface area contributed by atoms with Crippen LogP contribution in [0, 0.1) is 10.1 Å². The van der Waals surface area contributed by atoms with Gasteiger partial charge in [0.25, 0.3) is 5.69 Å². The van der Waals surface area contributed by atoms with E-state index in [0.29, 0.717) is 5.69 Å². The topological polar surface area (TPSA) is 55.2 Å². The first kappa shape index (κ1) is 14.8. The van der Waals surface area contributed by atoms with Crippen LogP contribution in [0.25, 0.3) is 0 Å². The third-order valence-corrected chi connectivity index (χ3v) is 3.94. The van der Waals surface area contributed by atoms with Gasteiger partial charge in [-0.1, -0.05) is 45.7 Å². The fourth-order valence-corrected chi connectivity index (χ4v) is 2.71. The first-order valence-electron chi connectivity index (χ1n) is 5.94. The van der Waals surface area contributed by atoms with Crippen LogP contribution in [0.4, 0.5) is 11.4 Å². The molecule has 0 amide bonds. The van der Waals surface area contributed by atoms with E-state index in [1.165, 1.54) is 12.1 Å². The minimum Gasteiger partial charge on any atom is -0.378 e. The molecule has 0 bridgehead atoms.